The zero-order chi connectivity index (χ0) is 12.3. The van der Waals surface area contributed by atoms with Gasteiger partial charge >= 0.3 is 0 Å². The van der Waals surface area contributed by atoms with Crippen molar-refractivity contribution in [2.75, 3.05) is 6.54 Å². The highest BCUT2D eigenvalue weighted by Gasteiger charge is 2.15. The van der Waals surface area contributed by atoms with Gasteiger partial charge in [-0.2, -0.15) is 0 Å². The van der Waals surface area contributed by atoms with Crippen molar-refractivity contribution < 1.29 is 17.9 Å². The summed E-state index contributed by atoms with van der Waals surface area (Å²) in [7, 11) is -3.67. The number of aliphatic hydroxyl groups excluding tert-OH is 1. The minimum atomic E-state index is -3.67. The summed E-state index contributed by atoms with van der Waals surface area (Å²) in [5, 5.41) is 8.97. The molecule has 0 aliphatic rings. The normalized spacial score (nSPS) is 13.8. The van der Waals surface area contributed by atoms with Crippen LogP contribution in [-0.4, -0.2) is 26.2 Å². The van der Waals surface area contributed by atoms with E-state index in [0.717, 1.165) is 6.07 Å². The molecule has 0 bridgehead atoms. The zero-order valence-electron chi connectivity index (χ0n) is 9.07. The maximum atomic E-state index is 12.9. The third-order valence-electron chi connectivity index (χ3n) is 2.01. The number of halogens is 1. The predicted octanol–water partition coefficient (Wildman–Crippen LogP) is 0.793. The average Bonchev–Trinajstić information content (AvgIpc) is 2.19. The fourth-order valence-corrected chi connectivity index (χ4v) is 2.30. The van der Waals surface area contributed by atoms with Crippen LogP contribution in [0.1, 0.15) is 12.5 Å². The Morgan fingerprint density at radius 2 is 2.12 bits per heavy atom. The molecule has 90 valence electrons. The molecule has 0 spiro atoms. The topological polar surface area (TPSA) is 66.4 Å². The van der Waals surface area contributed by atoms with Crippen LogP contribution in [0.3, 0.4) is 0 Å². The quantitative estimate of drug-likeness (QED) is 0.826. The Morgan fingerprint density at radius 1 is 1.50 bits per heavy atom. The molecule has 0 aromatic heterocycles. The summed E-state index contributed by atoms with van der Waals surface area (Å²) in [6, 6.07) is 3.54. The Balaban J connectivity index is 2.94. The summed E-state index contributed by atoms with van der Waals surface area (Å²) in [6.45, 7) is 2.89. The van der Waals surface area contributed by atoms with Gasteiger partial charge in [0.1, 0.15) is 5.82 Å². The van der Waals surface area contributed by atoms with E-state index in [2.05, 4.69) is 4.72 Å². The van der Waals surface area contributed by atoms with Crippen molar-refractivity contribution in [3.63, 3.8) is 0 Å². The first-order valence-electron chi connectivity index (χ1n) is 4.77. The Labute approximate surface area is 94.2 Å². The number of nitrogens with one attached hydrogen (secondary N) is 1. The second-order valence-corrected chi connectivity index (χ2v) is 5.38. The van der Waals surface area contributed by atoms with Crippen LogP contribution in [-0.2, 0) is 10.0 Å². The summed E-state index contributed by atoms with van der Waals surface area (Å²) in [5.41, 5.74) is 0.264. The largest absolute Gasteiger partial charge is 0.392 e. The lowest BCUT2D eigenvalue weighted by Crippen LogP contribution is -2.30. The number of sulfonamides is 1. The molecule has 2 N–H and O–H groups in total. The van der Waals surface area contributed by atoms with E-state index >= 15 is 0 Å². The molecule has 0 saturated carbocycles. The first-order chi connectivity index (χ1) is 7.33. The van der Waals surface area contributed by atoms with Gasteiger partial charge in [-0.15, -0.1) is 0 Å². The van der Waals surface area contributed by atoms with E-state index in [1.807, 2.05) is 0 Å². The van der Waals surface area contributed by atoms with Gasteiger partial charge in [-0.1, -0.05) is 0 Å². The standard InChI is InChI=1S/C10H14FNO3S/c1-7-5-9(3-4-10(7)11)16(14,15)12-6-8(2)13/h3-5,8,12-13H,6H2,1-2H3. The predicted molar refractivity (Wildman–Crippen MR) is 58.0 cm³/mol. The zero-order valence-corrected chi connectivity index (χ0v) is 9.88. The van der Waals surface area contributed by atoms with Gasteiger partial charge in [-0.25, -0.2) is 17.5 Å². The van der Waals surface area contributed by atoms with E-state index in [1.165, 1.54) is 26.0 Å². The molecule has 0 fully saturated rings. The molecule has 6 heteroatoms. The highest BCUT2D eigenvalue weighted by molar-refractivity contribution is 7.89. The van der Waals surface area contributed by atoms with E-state index in [9.17, 15) is 12.8 Å². The van der Waals surface area contributed by atoms with Gasteiger partial charge in [0.15, 0.2) is 0 Å². The third-order valence-corrected chi connectivity index (χ3v) is 3.43. The number of benzene rings is 1. The molecule has 1 rings (SSSR count). The second-order valence-electron chi connectivity index (χ2n) is 3.61. The Hall–Kier alpha value is -0.980. The van der Waals surface area contributed by atoms with Gasteiger partial charge in [0.25, 0.3) is 0 Å². The number of hydrogen-bond donors (Lipinski definition) is 2. The molecule has 0 heterocycles. The third kappa shape index (κ3) is 3.26. The van der Waals surface area contributed by atoms with Gasteiger partial charge in [0, 0.05) is 6.54 Å². The van der Waals surface area contributed by atoms with Crippen molar-refractivity contribution in [1.82, 2.24) is 4.72 Å². The fraction of sp³-hybridized carbons (Fsp3) is 0.400. The Kier molecular flexibility index (Phi) is 4.01. The first-order valence-corrected chi connectivity index (χ1v) is 6.25. The van der Waals surface area contributed by atoms with Crippen LogP contribution in [0.25, 0.3) is 0 Å². The van der Waals surface area contributed by atoms with Crippen LogP contribution in [0.15, 0.2) is 23.1 Å². The highest BCUT2D eigenvalue weighted by Crippen LogP contribution is 2.13. The van der Waals surface area contributed by atoms with Crippen molar-refractivity contribution in [2.45, 2.75) is 24.8 Å². The summed E-state index contributed by atoms with van der Waals surface area (Å²) < 4.78 is 38.5. The van der Waals surface area contributed by atoms with Crippen LogP contribution < -0.4 is 4.72 Å². The van der Waals surface area contributed by atoms with E-state index in [0.29, 0.717) is 0 Å². The molecule has 4 nitrogen and oxygen atoms in total. The monoisotopic (exact) mass is 247 g/mol. The molecule has 1 aromatic carbocycles. The van der Waals surface area contributed by atoms with E-state index < -0.39 is 21.9 Å². The maximum Gasteiger partial charge on any atom is 0.240 e. The molecule has 0 radical (unpaired) electrons. The molecule has 0 amide bonds. The lowest BCUT2D eigenvalue weighted by Gasteiger charge is -2.09. The van der Waals surface area contributed by atoms with Crippen LogP contribution in [0.4, 0.5) is 4.39 Å². The molecule has 0 aliphatic heterocycles. The lowest BCUT2D eigenvalue weighted by molar-refractivity contribution is 0.198. The molecule has 1 atom stereocenters. The molecule has 0 aliphatic carbocycles. The van der Waals surface area contributed by atoms with Crippen molar-refractivity contribution >= 4 is 10.0 Å². The highest BCUT2D eigenvalue weighted by atomic mass is 32.2. The fourth-order valence-electron chi connectivity index (χ4n) is 1.10. The van der Waals surface area contributed by atoms with Crippen molar-refractivity contribution in [1.29, 1.82) is 0 Å². The van der Waals surface area contributed by atoms with Gasteiger partial charge < -0.3 is 5.11 Å². The van der Waals surface area contributed by atoms with E-state index in [1.54, 1.807) is 0 Å². The number of rotatable bonds is 4. The maximum absolute atomic E-state index is 12.9. The number of aryl methyl sites for hydroxylation is 1. The first kappa shape index (κ1) is 13.1. The van der Waals surface area contributed by atoms with Gasteiger partial charge in [0.05, 0.1) is 11.0 Å². The number of hydrogen-bond acceptors (Lipinski definition) is 3. The van der Waals surface area contributed by atoms with Crippen molar-refractivity contribution in [3.8, 4) is 0 Å². The van der Waals surface area contributed by atoms with E-state index in [4.69, 9.17) is 5.11 Å². The Bertz CT molecular complexity index is 471. The molecule has 0 saturated heterocycles. The molecular weight excluding hydrogens is 233 g/mol. The van der Waals surface area contributed by atoms with Crippen LogP contribution >= 0.6 is 0 Å². The van der Waals surface area contributed by atoms with E-state index in [-0.39, 0.29) is 17.0 Å². The van der Waals surface area contributed by atoms with Crippen LogP contribution in [0.2, 0.25) is 0 Å². The van der Waals surface area contributed by atoms with Crippen molar-refractivity contribution in [2.24, 2.45) is 0 Å². The smallest absolute Gasteiger partial charge is 0.240 e. The minimum absolute atomic E-state index is 0.00736. The summed E-state index contributed by atoms with van der Waals surface area (Å²) in [4.78, 5) is -0.00736. The van der Waals surface area contributed by atoms with Gasteiger partial charge in [-0.3, -0.25) is 0 Å². The minimum Gasteiger partial charge on any atom is -0.392 e. The van der Waals surface area contributed by atoms with Crippen molar-refractivity contribution in [3.05, 3.63) is 29.6 Å². The molecule has 1 aromatic rings. The lowest BCUT2D eigenvalue weighted by atomic mass is 10.2. The van der Waals surface area contributed by atoms with Crippen LogP contribution in [0.5, 0.6) is 0 Å². The second kappa shape index (κ2) is 4.90. The van der Waals surface area contributed by atoms with Gasteiger partial charge in [-0.05, 0) is 37.6 Å². The summed E-state index contributed by atoms with van der Waals surface area (Å²) in [5.74, 6) is -0.450. The Morgan fingerprint density at radius 3 is 2.62 bits per heavy atom. The average molecular weight is 247 g/mol. The molecule has 16 heavy (non-hydrogen) atoms. The summed E-state index contributed by atoms with van der Waals surface area (Å²) >= 11 is 0. The molecular formula is C10H14FNO3S. The summed E-state index contributed by atoms with van der Waals surface area (Å²) in [6.07, 6.45) is -0.767. The SMILES string of the molecule is Cc1cc(S(=O)(=O)NCC(C)O)ccc1F. The van der Waals surface area contributed by atoms with Crippen LogP contribution in [0, 0.1) is 12.7 Å². The molecule has 1 unspecified atom stereocenters. The van der Waals surface area contributed by atoms with Gasteiger partial charge in [0.2, 0.25) is 10.0 Å². The number of aliphatic hydroxyl groups is 1.